The van der Waals surface area contributed by atoms with Gasteiger partial charge in [0.15, 0.2) is 9.84 Å². The molecule has 0 unspecified atom stereocenters. The third-order valence-electron chi connectivity index (χ3n) is 10.6. The van der Waals surface area contributed by atoms with Crippen molar-refractivity contribution in [2.75, 3.05) is 18.8 Å². The summed E-state index contributed by atoms with van der Waals surface area (Å²) in [4.78, 5) is 68.9. The van der Waals surface area contributed by atoms with E-state index in [4.69, 9.17) is 0 Å². The predicted molar refractivity (Wildman–Crippen MR) is 184 cm³/mol. The maximum Gasteiger partial charge on any atom is 0.315 e. The summed E-state index contributed by atoms with van der Waals surface area (Å²) in [5, 5.41) is 11.3. The molecule has 4 rings (SSSR count). The van der Waals surface area contributed by atoms with Crippen LogP contribution >= 0.6 is 0 Å². The van der Waals surface area contributed by atoms with Crippen LogP contribution in [0.4, 0.5) is 4.79 Å². The number of carbonyl (C=O) groups excluding carboxylic acids is 5. The van der Waals surface area contributed by atoms with Gasteiger partial charge in [-0.3, -0.25) is 19.2 Å². The smallest absolute Gasteiger partial charge is 0.315 e. The minimum atomic E-state index is -3.54. The zero-order valence-electron chi connectivity index (χ0n) is 29.1. The van der Waals surface area contributed by atoms with Crippen LogP contribution in [-0.2, 0) is 29.0 Å². The van der Waals surface area contributed by atoms with E-state index >= 15 is 0 Å². The molecule has 0 bridgehead atoms. The van der Waals surface area contributed by atoms with Crippen molar-refractivity contribution < 1.29 is 32.4 Å². The van der Waals surface area contributed by atoms with Crippen molar-refractivity contribution in [3.05, 3.63) is 12.7 Å². The Morgan fingerprint density at radius 1 is 0.958 bits per heavy atom. The summed E-state index contributed by atoms with van der Waals surface area (Å²) in [6.45, 7) is 9.08. The number of hydrogen-bond acceptors (Lipinski definition) is 7. The number of carbonyl (C=O) groups is 5. The molecule has 2 aliphatic carbocycles. The van der Waals surface area contributed by atoms with Crippen molar-refractivity contribution >= 4 is 39.4 Å². The molecular formula is C35H57N5O7S. The van der Waals surface area contributed by atoms with Gasteiger partial charge < -0.3 is 26.2 Å². The fourth-order valence-corrected chi connectivity index (χ4v) is 9.07. The standard InChI is InChI=1S/C35H57N5O7S/c1-5-20-36-31(43)29(41)26-16-12-9-7-6-8-10-13-17-27(32(44)40-22-24-21-25(24)28(40)30(42)37-26)38-33(45)39-35(18-14-11-15-19-35)23-48(46,47)34(2,3)4/h5,24-28H,1,6-23H2,2-4H3,(H,36,43)(H,37,42)(H2,38,39,45)/t24-,25-,26-,27-,28-/m0/s1. The summed E-state index contributed by atoms with van der Waals surface area (Å²) in [6.07, 6.45) is 12.7. The molecule has 0 spiro atoms. The lowest BCUT2D eigenvalue weighted by molar-refractivity contribution is -0.143. The van der Waals surface area contributed by atoms with Gasteiger partial charge in [-0.2, -0.15) is 0 Å². The first-order valence-electron chi connectivity index (χ1n) is 18.0. The molecule has 2 heterocycles. The molecule has 0 aromatic rings. The van der Waals surface area contributed by atoms with E-state index in [1.165, 1.54) is 6.08 Å². The van der Waals surface area contributed by atoms with Crippen molar-refractivity contribution in [3.8, 4) is 0 Å². The number of nitrogens with one attached hydrogen (secondary N) is 4. The number of hydrogen-bond donors (Lipinski definition) is 4. The zero-order valence-corrected chi connectivity index (χ0v) is 29.9. The molecule has 48 heavy (non-hydrogen) atoms. The van der Waals surface area contributed by atoms with Gasteiger partial charge in [-0.1, -0.05) is 70.3 Å². The molecule has 5 amide bonds. The number of piperidine rings is 1. The second kappa shape index (κ2) is 16.2. The summed E-state index contributed by atoms with van der Waals surface area (Å²) in [7, 11) is -3.54. The van der Waals surface area contributed by atoms with Gasteiger partial charge in [0.25, 0.3) is 5.91 Å². The monoisotopic (exact) mass is 691 g/mol. The molecule has 4 aliphatic rings. The van der Waals surface area contributed by atoms with E-state index in [9.17, 15) is 32.4 Å². The average molecular weight is 692 g/mol. The van der Waals surface area contributed by atoms with E-state index in [-0.39, 0.29) is 30.0 Å². The summed E-state index contributed by atoms with van der Waals surface area (Å²) in [5.74, 6) is -2.34. The Bertz CT molecular complexity index is 1320. The van der Waals surface area contributed by atoms with Crippen LogP contribution in [0.1, 0.15) is 117 Å². The number of sulfone groups is 1. The summed E-state index contributed by atoms with van der Waals surface area (Å²) in [6, 6.07) is -3.26. The fourth-order valence-electron chi connectivity index (χ4n) is 7.55. The molecule has 5 atom stereocenters. The molecule has 0 aromatic heterocycles. The van der Waals surface area contributed by atoms with Crippen LogP contribution in [0.15, 0.2) is 12.7 Å². The molecule has 0 radical (unpaired) electrons. The molecule has 12 nitrogen and oxygen atoms in total. The Morgan fingerprint density at radius 3 is 2.19 bits per heavy atom. The SMILES string of the molecule is C=CCNC(=O)C(=O)[C@@H]1CCCCCCCCC[C@H](NC(=O)NC2(CS(=O)(=O)C(C)(C)C)CCCCC2)C(=O)N2C[C@@H]3C[C@@H]3[C@H]2C(=O)N1. The lowest BCUT2D eigenvalue weighted by atomic mass is 9.83. The Balaban J connectivity index is 1.53. The number of urea groups is 1. The fraction of sp³-hybridized carbons (Fsp3) is 0.800. The van der Waals surface area contributed by atoms with E-state index in [1.54, 1.807) is 25.7 Å². The number of ketones is 1. The maximum absolute atomic E-state index is 14.2. The second-order valence-electron chi connectivity index (χ2n) is 15.4. The van der Waals surface area contributed by atoms with Gasteiger partial charge in [-0.05, 0) is 64.7 Å². The lowest BCUT2D eigenvalue weighted by Gasteiger charge is -2.40. The Labute approximate surface area is 286 Å². The Kier molecular flexibility index (Phi) is 12.7. The molecule has 4 fully saturated rings. The molecule has 0 aromatic carbocycles. The van der Waals surface area contributed by atoms with Crippen molar-refractivity contribution in [1.82, 2.24) is 26.2 Å². The Hall–Kier alpha value is -2.96. The minimum Gasteiger partial charge on any atom is -0.346 e. The predicted octanol–water partition coefficient (Wildman–Crippen LogP) is 3.30. The van der Waals surface area contributed by atoms with E-state index in [0.29, 0.717) is 45.1 Å². The average Bonchev–Trinajstić information content (AvgIpc) is 3.68. The normalized spacial score (nSPS) is 28.6. The number of Topliss-reactive ketones (excluding diaryl/α,β-unsaturated/α-hetero) is 1. The van der Waals surface area contributed by atoms with E-state index < -0.39 is 61.9 Å². The third-order valence-corrected chi connectivity index (χ3v) is 13.4. The van der Waals surface area contributed by atoms with Gasteiger partial charge in [0, 0.05) is 13.1 Å². The molecule has 2 saturated heterocycles. The summed E-state index contributed by atoms with van der Waals surface area (Å²) < 4.78 is 25.6. The molecule has 2 aliphatic heterocycles. The molecule has 4 N–H and O–H groups in total. The topological polar surface area (TPSA) is 171 Å². The van der Waals surface area contributed by atoms with Crippen LogP contribution in [0.2, 0.25) is 0 Å². The summed E-state index contributed by atoms with van der Waals surface area (Å²) >= 11 is 0. The van der Waals surface area contributed by atoms with Crippen molar-refractivity contribution in [3.63, 3.8) is 0 Å². The Morgan fingerprint density at radius 2 is 1.56 bits per heavy atom. The van der Waals surface area contributed by atoms with Gasteiger partial charge in [-0.15, -0.1) is 6.58 Å². The third kappa shape index (κ3) is 9.59. The van der Waals surface area contributed by atoms with Crippen molar-refractivity contribution in [1.29, 1.82) is 0 Å². The lowest BCUT2D eigenvalue weighted by Crippen LogP contribution is -2.61. The number of amides is 5. The highest BCUT2D eigenvalue weighted by molar-refractivity contribution is 7.92. The largest absolute Gasteiger partial charge is 0.346 e. The maximum atomic E-state index is 14.2. The zero-order chi connectivity index (χ0) is 35.1. The van der Waals surface area contributed by atoms with E-state index in [0.717, 1.165) is 57.8 Å². The van der Waals surface area contributed by atoms with Crippen LogP contribution < -0.4 is 21.3 Å². The first-order valence-corrected chi connectivity index (χ1v) is 19.7. The number of fused-ring (bicyclic) bond motifs is 3. The van der Waals surface area contributed by atoms with Gasteiger partial charge in [0.1, 0.15) is 12.1 Å². The highest BCUT2D eigenvalue weighted by Crippen LogP contribution is 2.50. The van der Waals surface area contributed by atoms with Crippen LogP contribution in [0.5, 0.6) is 0 Å². The van der Waals surface area contributed by atoms with Gasteiger partial charge >= 0.3 is 6.03 Å². The highest BCUT2D eigenvalue weighted by atomic mass is 32.2. The first kappa shape index (κ1) is 37.9. The molecular weight excluding hydrogens is 634 g/mol. The molecule has 2 saturated carbocycles. The number of rotatable bonds is 8. The quantitative estimate of drug-likeness (QED) is 0.224. The van der Waals surface area contributed by atoms with Gasteiger partial charge in [-0.25, -0.2) is 13.2 Å². The van der Waals surface area contributed by atoms with Crippen LogP contribution in [0.25, 0.3) is 0 Å². The minimum absolute atomic E-state index is 0.0410. The second-order valence-corrected chi connectivity index (χ2v) is 18.2. The number of nitrogens with zero attached hydrogens (tertiary/aromatic N) is 1. The highest BCUT2D eigenvalue weighted by Gasteiger charge is 2.58. The van der Waals surface area contributed by atoms with Crippen LogP contribution in [0, 0.1) is 11.8 Å². The molecule has 270 valence electrons. The van der Waals surface area contributed by atoms with Crippen LogP contribution in [-0.4, -0.2) is 90.1 Å². The van der Waals surface area contributed by atoms with Crippen molar-refractivity contribution in [2.45, 2.75) is 145 Å². The van der Waals surface area contributed by atoms with Gasteiger partial charge in [0.2, 0.25) is 17.6 Å². The van der Waals surface area contributed by atoms with Gasteiger partial charge in [0.05, 0.1) is 22.1 Å². The summed E-state index contributed by atoms with van der Waals surface area (Å²) in [5.41, 5.74) is -0.924. The van der Waals surface area contributed by atoms with Crippen molar-refractivity contribution in [2.24, 2.45) is 11.8 Å². The van der Waals surface area contributed by atoms with E-state index in [2.05, 4.69) is 27.8 Å². The van der Waals surface area contributed by atoms with E-state index in [1.807, 2.05) is 0 Å². The first-order chi connectivity index (χ1) is 22.7. The molecule has 13 heteroatoms. The van der Waals surface area contributed by atoms with Crippen LogP contribution in [0.3, 0.4) is 0 Å².